The second-order valence-electron chi connectivity index (χ2n) is 5.66. The standard InChI is InChI=1S/C16H22BrNO/c1-12-7-9-18(10-8-12)16(19)6-5-14-4-3-13(2)11-15(14)17/h3-4,11-12H,5-10H2,1-2H3. The summed E-state index contributed by atoms with van der Waals surface area (Å²) < 4.78 is 1.12. The van der Waals surface area contributed by atoms with Crippen molar-refractivity contribution in [3.8, 4) is 0 Å². The first-order chi connectivity index (χ1) is 9.06. The number of hydrogen-bond donors (Lipinski definition) is 0. The molecule has 1 aromatic rings. The zero-order valence-corrected chi connectivity index (χ0v) is 13.4. The maximum Gasteiger partial charge on any atom is 0.222 e. The summed E-state index contributed by atoms with van der Waals surface area (Å²) >= 11 is 3.58. The first-order valence-corrected chi connectivity index (χ1v) is 7.88. The fourth-order valence-corrected chi connectivity index (χ4v) is 3.20. The molecule has 1 fully saturated rings. The highest BCUT2D eigenvalue weighted by Crippen LogP contribution is 2.21. The van der Waals surface area contributed by atoms with E-state index in [4.69, 9.17) is 0 Å². The minimum atomic E-state index is 0.305. The van der Waals surface area contributed by atoms with E-state index < -0.39 is 0 Å². The summed E-state index contributed by atoms with van der Waals surface area (Å²) in [5.74, 6) is 1.08. The van der Waals surface area contributed by atoms with Crippen molar-refractivity contribution in [3.63, 3.8) is 0 Å². The number of rotatable bonds is 3. The van der Waals surface area contributed by atoms with E-state index in [1.165, 1.54) is 11.1 Å². The Labute approximate surface area is 124 Å². The van der Waals surface area contributed by atoms with Crippen LogP contribution >= 0.6 is 15.9 Å². The molecule has 0 aliphatic carbocycles. The zero-order chi connectivity index (χ0) is 13.8. The van der Waals surface area contributed by atoms with Gasteiger partial charge >= 0.3 is 0 Å². The highest BCUT2D eigenvalue weighted by molar-refractivity contribution is 9.10. The molecule has 1 aliphatic heterocycles. The minimum absolute atomic E-state index is 0.305. The number of benzene rings is 1. The van der Waals surface area contributed by atoms with Gasteiger partial charge in [0.25, 0.3) is 0 Å². The number of likely N-dealkylation sites (tertiary alicyclic amines) is 1. The molecule has 2 nitrogen and oxygen atoms in total. The smallest absolute Gasteiger partial charge is 0.222 e. The first kappa shape index (κ1) is 14.6. The topological polar surface area (TPSA) is 20.3 Å². The molecule has 0 saturated carbocycles. The maximum absolute atomic E-state index is 12.2. The molecular formula is C16H22BrNO. The van der Waals surface area contributed by atoms with Gasteiger partial charge in [0, 0.05) is 24.0 Å². The van der Waals surface area contributed by atoms with Crippen molar-refractivity contribution in [1.29, 1.82) is 0 Å². The number of hydrogen-bond acceptors (Lipinski definition) is 1. The molecule has 1 aromatic carbocycles. The summed E-state index contributed by atoms with van der Waals surface area (Å²) in [5.41, 5.74) is 2.47. The molecule has 1 aliphatic rings. The van der Waals surface area contributed by atoms with E-state index in [0.29, 0.717) is 12.3 Å². The van der Waals surface area contributed by atoms with Crippen molar-refractivity contribution in [2.75, 3.05) is 13.1 Å². The number of carbonyl (C=O) groups is 1. The van der Waals surface area contributed by atoms with Gasteiger partial charge in [0.05, 0.1) is 0 Å². The Hall–Kier alpha value is -0.830. The lowest BCUT2D eigenvalue weighted by Crippen LogP contribution is -2.38. The lowest BCUT2D eigenvalue weighted by atomic mass is 9.98. The van der Waals surface area contributed by atoms with Crippen molar-refractivity contribution in [3.05, 3.63) is 33.8 Å². The highest BCUT2D eigenvalue weighted by atomic mass is 79.9. The van der Waals surface area contributed by atoms with E-state index in [2.05, 4.69) is 48.0 Å². The third-order valence-corrected chi connectivity index (χ3v) is 4.69. The third-order valence-electron chi connectivity index (χ3n) is 3.95. The number of halogens is 1. The lowest BCUT2D eigenvalue weighted by Gasteiger charge is -2.30. The molecule has 0 aromatic heterocycles. The molecule has 2 rings (SSSR count). The van der Waals surface area contributed by atoms with Crippen LogP contribution in [-0.2, 0) is 11.2 Å². The van der Waals surface area contributed by atoms with Crippen LogP contribution in [0.4, 0.5) is 0 Å². The Kier molecular flexibility index (Phi) is 5.03. The van der Waals surface area contributed by atoms with Gasteiger partial charge in [0.15, 0.2) is 0 Å². The van der Waals surface area contributed by atoms with E-state index in [1.807, 2.05) is 4.90 Å². The van der Waals surface area contributed by atoms with E-state index >= 15 is 0 Å². The van der Waals surface area contributed by atoms with Gasteiger partial charge in [-0.2, -0.15) is 0 Å². The van der Waals surface area contributed by atoms with Crippen LogP contribution in [0.3, 0.4) is 0 Å². The normalized spacial score (nSPS) is 16.7. The van der Waals surface area contributed by atoms with Crippen LogP contribution in [-0.4, -0.2) is 23.9 Å². The molecular weight excluding hydrogens is 302 g/mol. The molecule has 1 amide bonds. The number of carbonyl (C=O) groups excluding carboxylic acids is 1. The van der Waals surface area contributed by atoms with Gasteiger partial charge in [-0.1, -0.05) is 35.0 Å². The summed E-state index contributed by atoms with van der Waals surface area (Å²) in [5, 5.41) is 0. The van der Waals surface area contributed by atoms with E-state index in [0.717, 1.165) is 42.7 Å². The fraction of sp³-hybridized carbons (Fsp3) is 0.562. The van der Waals surface area contributed by atoms with Crippen LogP contribution in [0.2, 0.25) is 0 Å². The predicted octanol–water partition coefficient (Wildman–Crippen LogP) is 3.95. The van der Waals surface area contributed by atoms with E-state index in [-0.39, 0.29) is 0 Å². The van der Waals surface area contributed by atoms with Crippen LogP contribution in [0.5, 0.6) is 0 Å². The zero-order valence-electron chi connectivity index (χ0n) is 11.8. The van der Waals surface area contributed by atoms with Crippen molar-refractivity contribution in [2.45, 2.75) is 39.5 Å². The SMILES string of the molecule is Cc1ccc(CCC(=O)N2CCC(C)CC2)c(Br)c1. The van der Waals surface area contributed by atoms with Crippen molar-refractivity contribution in [2.24, 2.45) is 5.92 Å². The number of nitrogens with zero attached hydrogens (tertiary/aromatic N) is 1. The molecule has 3 heteroatoms. The summed E-state index contributed by atoms with van der Waals surface area (Å²) in [7, 11) is 0. The number of amides is 1. The Morgan fingerprint density at radius 1 is 1.37 bits per heavy atom. The van der Waals surface area contributed by atoms with Gasteiger partial charge in [-0.05, 0) is 49.3 Å². The fourth-order valence-electron chi connectivity index (χ4n) is 2.51. The van der Waals surface area contributed by atoms with Gasteiger partial charge in [0.1, 0.15) is 0 Å². The van der Waals surface area contributed by atoms with Crippen LogP contribution in [0.1, 0.15) is 37.3 Å². The lowest BCUT2D eigenvalue weighted by molar-refractivity contribution is -0.132. The molecule has 0 bridgehead atoms. The molecule has 1 heterocycles. The van der Waals surface area contributed by atoms with Gasteiger partial charge in [0.2, 0.25) is 5.91 Å². The van der Waals surface area contributed by atoms with Gasteiger partial charge in [-0.25, -0.2) is 0 Å². The third kappa shape index (κ3) is 4.07. The Morgan fingerprint density at radius 2 is 2.05 bits per heavy atom. The molecule has 104 valence electrons. The van der Waals surface area contributed by atoms with Gasteiger partial charge < -0.3 is 4.90 Å². The summed E-state index contributed by atoms with van der Waals surface area (Å²) in [6.45, 7) is 6.23. The van der Waals surface area contributed by atoms with Gasteiger partial charge in [-0.3, -0.25) is 4.79 Å². The highest BCUT2D eigenvalue weighted by Gasteiger charge is 2.19. The first-order valence-electron chi connectivity index (χ1n) is 7.09. The van der Waals surface area contributed by atoms with Crippen molar-refractivity contribution >= 4 is 21.8 Å². The largest absolute Gasteiger partial charge is 0.343 e. The van der Waals surface area contributed by atoms with Crippen molar-refractivity contribution in [1.82, 2.24) is 4.90 Å². The van der Waals surface area contributed by atoms with Gasteiger partial charge in [-0.15, -0.1) is 0 Å². The summed E-state index contributed by atoms with van der Waals surface area (Å²) in [6.07, 6.45) is 3.75. The Bertz CT molecular complexity index is 450. The monoisotopic (exact) mass is 323 g/mol. The molecule has 0 unspecified atom stereocenters. The van der Waals surface area contributed by atoms with E-state index in [1.54, 1.807) is 0 Å². The number of piperidine rings is 1. The maximum atomic E-state index is 12.2. The molecule has 1 saturated heterocycles. The predicted molar refractivity (Wildman–Crippen MR) is 82.2 cm³/mol. The average molecular weight is 324 g/mol. The number of aryl methyl sites for hydroxylation is 2. The molecule has 0 radical (unpaired) electrons. The molecule has 19 heavy (non-hydrogen) atoms. The van der Waals surface area contributed by atoms with Crippen molar-refractivity contribution < 1.29 is 4.79 Å². The van der Waals surface area contributed by atoms with E-state index in [9.17, 15) is 4.79 Å². The average Bonchev–Trinajstić information content (AvgIpc) is 2.38. The minimum Gasteiger partial charge on any atom is -0.343 e. The Balaban J connectivity index is 1.86. The quantitative estimate of drug-likeness (QED) is 0.824. The van der Waals surface area contributed by atoms with Crippen LogP contribution in [0, 0.1) is 12.8 Å². The summed E-state index contributed by atoms with van der Waals surface area (Å²) in [4.78, 5) is 14.2. The van der Waals surface area contributed by atoms with Crippen LogP contribution < -0.4 is 0 Å². The molecule has 0 spiro atoms. The molecule has 0 N–H and O–H groups in total. The summed E-state index contributed by atoms with van der Waals surface area (Å²) in [6, 6.07) is 6.33. The second kappa shape index (κ2) is 6.56. The van der Waals surface area contributed by atoms with Crippen LogP contribution in [0.25, 0.3) is 0 Å². The molecule has 0 atom stereocenters. The van der Waals surface area contributed by atoms with Crippen LogP contribution in [0.15, 0.2) is 22.7 Å². The Morgan fingerprint density at radius 3 is 2.68 bits per heavy atom. The second-order valence-corrected chi connectivity index (χ2v) is 6.51.